The highest BCUT2D eigenvalue weighted by molar-refractivity contribution is 5.90. The molecule has 1 aliphatic rings. The quantitative estimate of drug-likeness (QED) is 0.772. The van der Waals surface area contributed by atoms with Gasteiger partial charge in [0, 0.05) is 35.9 Å². The van der Waals surface area contributed by atoms with Crippen LogP contribution < -0.4 is 5.32 Å². The Hall–Kier alpha value is -2.47. The molecule has 6 nitrogen and oxygen atoms in total. The maximum atomic E-state index is 10.1. The van der Waals surface area contributed by atoms with Crippen molar-refractivity contribution < 1.29 is 5.11 Å². The van der Waals surface area contributed by atoms with E-state index in [-0.39, 0.29) is 18.2 Å². The van der Waals surface area contributed by atoms with Crippen molar-refractivity contribution in [1.82, 2.24) is 19.7 Å². The van der Waals surface area contributed by atoms with E-state index in [1.54, 1.807) is 12.4 Å². The second-order valence-corrected chi connectivity index (χ2v) is 5.79. The van der Waals surface area contributed by atoms with Crippen LogP contribution in [-0.2, 0) is 0 Å². The van der Waals surface area contributed by atoms with E-state index >= 15 is 0 Å². The van der Waals surface area contributed by atoms with Gasteiger partial charge in [-0.3, -0.25) is 14.6 Å². The molecule has 0 aliphatic heterocycles. The van der Waals surface area contributed by atoms with Crippen molar-refractivity contribution in [1.29, 1.82) is 0 Å². The Kier molecular flexibility index (Phi) is 3.04. The predicted molar refractivity (Wildman–Crippen MR) is 83.6 cm³/mol. The molecule has 0 saturated heterocycles. The molecular formula is C16H17N5O. The van der Waals surface area contributed by atoms with Crippen LogP contribution in [0.25, 0.3) is 10.9 Å². The first-order valence-electron chi connectivity index (χ1n) is 7.36. The number of aliphatic hydroxyl groups excluding tert-OH is 1. The molecular weight excluding hydrogens is 278 g/mol. The van der Waals surface area contributed by atoms with Gasteiger partial charge in [-0.05, 0) is 31.0 Å². The van der Waals surface area contributed by atoms with Crippen LogP contribution in [0.3, 0.4) is 0 Å². The third-order valence-corrected chi connectivity index (χ3v) is 4.22. The molecule has 3 aromatic heterocycles. The Balaban J connectivity index is 1.62. The molecule has 0 aromatic carbocycles. The molecule has 0 radical (unpaired) electrons. The van der Waals surface area contributed by atoms with Gasteiger partial charge in [0.25, 0.3) is 0 Å². The van der Waals surface area contributed by atoms with Crippen LogP contribution in [0.1, 0.15) is 18.0 Å². The van der Waals surface area contributed by atoms with Crippen LogP contribution in [0.15, 0.2) is 43.1 Å². The van der Waals surface area contributed by atoms with Crippen molar-refractivity contribution in [2.75, 3.05) is 5.32 Å². The second-order valence-electron chi connectivity index (χ2n) is 5.79. The highest BCUT2D eigenvalue weighted by Gasteiger charge is 2.42. The Morgan fingerprint density at radius 1 is 1.27 bits per heavy atom. The zero-order valence-corrected chi connectivity index (χ0v) is 12.2. The highest BCUT2D eigenvalue weighted by atomic mass is 16.3. The molecule has 0 bridgehead atoms. The molecule has 1 aliphatic carbocycles. The minimum absolute atomic E-state index is 0.0476. The summed E-state index contributed by atoms with van der Waals surface area (Å²) in [6.45, 7) is 2.00. The predicted octanol–water partition coefficient (Wildman–Crippen LogP) is 1.92. The van der Waals surface area contributed by atoms with Gasteiger partial charge in [-0.1, -0.05) is 0 Å². The van der Waals surface area contributed by atoms with Gasteiger partial charge in [-0.15, -0.1) is 0 Å². The van der Waals surface area contributed by atoms with E-state index in [1.165, 1.54) is 0 Å². The van der Waals surface area contributed by atoms with E-state index < -0.39 is 0 Å². The minimum Gasteiger partial charge on any atom is -0.391 e. The summed E-state index contributed by atoms with van der Waals surface area (Å²) in [5.41, 5.74) is 2.99. The molecule has 0 unspecified atom stereocenters. The third kappa shape index (κ3) is 2.12. The molecule has 6 heteroatoms. The van der Waals surface area contributed by atoms with Gasteiger partial charge < -0.3 is 10.4 Å². The summed E-state index contributed by atoms with van der Waals surface area (Å²) in [5, 5.41) is 18.9. The summed E-state index contributed by atoms with van der Waals surface area (Å²) in [6, 6.07) is 3.93. The number of fused-ring (bicyclic) bond motifs is 1. The standard InChI is InChI=1S/C16H17N5O/c1-10-7-19-21(9-10)16-14(6-15(16)22)20-13-3-5-18-12-2-4-17-8-11(12)13/h2-5,7-9,14-16,22H,6H2,1H3,(H,18,20)/t14-,15+,16+/m0/s1. The van der Waals surface area contributed by atoms with Crippen LogP contribution in [0, 0.1) is 6.92 Å². The molecule has 22 heavy (non-hydrogen) atoms. The fourth-order valence-electron chi connectivity index (χ4n) is 3.03. The number of pyridine rings is 2. The number of hydrogen-bond acceptors (Lipinski definition) is 5. The monoisotopic (exact) mass is 295 g/mol. The minimum atomic E-state index is -0.372. The average molecular weight is 295 g/mol. The van der Waals surface area contributed by atoms with Gasteiger partial charge in [0.2, 0.25) is 0 Å². The highest BCUT2D eigenvalue weighted by Crippen LogP contribution is 2.36. The van der Waals surface area contributed by atoms with Crippen LogP contribution in [0.4, 0.5) is 5.69 Å². The van der Waals surface area contributed by atoms with E-state index in [4.69, 9.17) is 0 Å². The Labute approximate surface area is 127 Å². The number of nitrogens with zero attached hydrogens (tertiary/aromatic N) is 4. The van der Waals surface area contributed by atoms with Gasteiger partial charge in [0.1, 0.15) is 0 Å². The van der Waals surface area contributed by atoms with E-state index in [0.717, 1.165) is 22.2 Å². The first-order valence-corrected chi connectivity index (χ1v) is 7.36. The average Bonchev–Trinajstić information content (AvgIpc) is 2.92. The van der Waals surface area contributed by atoms with Crippen molar-refractivity contribution in [2.24, 2.45) is 0 Å². The molecule has 4 rings (SSSR count). The van der Waals surface area contributed by atoms with E-state index in [2.05, 4.69) is 20.4 Å². The van der Waals surface area contributed by atoms with Gasteiger partial charge in [0.15, 0.2) is 0 Å². The lowest BCUT2D eigenvalue weighted by Gasteiger charge is -2.42. The van der Waals surface area contributed by atoms with Crippen molar-refractivity contribution in [3.8, 4) is 0 Å². The molecule has 1 saturated carbocycles. The molecule has 1 fully saturated rings. The van der Waals surface area contributed by atoms with Crippen molar-refractivity contribution in [2.45, 2.75) is 31.5 Å². The second kappa shape index (κ2) is 5.06. The number of aliphatic hydroxyl groups is 1. The maximum absolute atomic E-state index is 10.1. The SMILES string of the molecule is Cc1cnn([C@H]2[C@H](O)C[C@@H]2Nc2ccnc3ccncc23)c1. The van der Waals surface area contributed by atoms with Crippen LogP contribution >= 0.6 is 0 Å². The zero-order valence-electron chi connectivity index (χ0n) is 12.2. The molecule has 0 spiro atoms. The van der Waals surface area contributed by atoms with Gasteiger partial charge in [-0.2, -0.15) is 5.10 Å². The van der Waals surface area contributed by atoms with Crippen LogP contribution in [-0.4, -0.2) is 37.0 Å². The van der Waals surface area contributed by atoms with Crippen molar-refractivity contribution in [3.63, 3.8) is 0 Å². The molecule has 112 valence electrons. The molecule has 3 aromatic rings. The van der Waals surface area contributed by atoms with E-state index in [1.807, 2.05) is 42.3 Å². The van der Waals surface area contributed by atoms with Gasteiger partial charge in [0.05, 0.1) is 29.9 Å². The van der Waals surface area contributed by atoms with Crippen LogP contribution in [0.5, 0.6) is 0 Å². The topological polar surface area (TPSA) is 75.9 Å². The lowest BCUT2D eigenvalue weighted by atomic mass is 9.82. The normalized spacial score (nSPS) is 24.2. The summed E-state index contributed by atoms with van der Waals surface area (Å²) >= 11 is 0. The summed E-state index contributed by atoms with van der Waals surface area (Å²) in [7, 11) is 0. The number of aryl methyl sites for hydroxylation is 1. The van der Waals surface area contributed by atoms with Crippen LogP contribution in [0.2, 0.25) is 0 Å². The largest absolute Gasteiger partial charge is 0.391 e. The Morgan fingerprint density at radius 2 is 2.18 bits per heavy atom. The molecule has 3 heterocycles. The molecule has 0 amide bonds. The van der Waals surface area contributed by atoms with E-state index in [0.29, 0.717) is 6.42 Å². The lowest BCUT2D eigenvalue weighted by Crippen LogP contribution is -2.51. The number of nitrogens with one attached hydrogen (secondary N) is 1. The Bertz CT molecular complexity index is 810. The Morgan fingerprint density at radius 3 is 2.95 bits per heavy atom. The van der Waals surface area contributed by atoms with Crippen molar-refractivity contribution >= 4 is 16.6 Å². The van der Waals surface area contributed by atoms with E-state index in [9.17, 15) is 5.11 Å². The third-order valence-electron chi connectivity index (χ3n) is 4.22. The summed E-state index contributed by atoms with van der Waals surface area (Å²) in [5.74, 6) is 0. The molecule has 2 N–H and O–H groups in total. The molecule has 3 atom stereocenters. The van der Waals surface area contributed by atoms with Gasteiger partial charge >= 0.3 is 0 Å². The lowest BCUT2D eigenvalue weighted by molar-refractivity contribution is 0.0134. The van der Waals surface area contributed by atoms with Crippen molar-refractivity contribution in [3.05, 3.63) is 48.7 Å². The first-order chi connectivity index (χ1) is 10.7. The summed E-state index contributed by atoms with van der Waals surface area (Å²) in [6.07, 6.45) is 9.44. The number of hydrogen-bond donors (Lipinski definition) is 2. The summed E-state index contributed by atoms with van der Waals surface area (Å²) in [4.78, 5) is 8.51. The fourth-order valence-corrected chi connectivity index (χ4v) is 3.03. The smallest absolute Gasteiger partial charge is 0.0980 e. The van der Waals surface area contributed by atoms with Gasteiger partial charge in [-0.25, -0.2) is 0 Å². The number of anilines is 1. The fraction of sp³-hybridized carbons (Fsp3) is 0.312. The number of aromatic nitrogens is 4. The number of rotatable bonds is 3. The first kappa shape index (κ1) is 13.2. The maximum Gasteiger partial charge on any atom is 0.0980 e. The summed E-state index contributed by atoms with van der Waals surface area (Å²) < 4.78 is 1.85. The zero-order chi connectivity index (χ0) is 15.1.